The Bertz CT molecular complexity index is 262. The number of hydrogen-bond acceptors (Lipinski definition) is 3. The van der Waals surface area contributed by atoms with Gasteiger partial charge in [-0.05, 0) is 0 Å². The van der Waals surface area contributed by atoms with Crippen LogP contribution in [0.3, 0.4) is 0 Å². The van der Waals surface area contributed by atoms with Crippen LogP contribution in [0.1, 0.15) is 0 Å². The van der Waals surface area contributed by atoms with Crippen molar-refractivity contribution in [3.63, 3.8) is 0 Å². The molecular weight excluding hydrogens is 266 g/mol. The second-order valence-electron chi connectivity index (χ2n) is 3.05. The minimum absolute atomic E-state index is 0.494. The summed E-state index contributed by atoms with van der Waals surface area (Å²) < 4.78 is 0. The summed E-state index contributed by atoms with van der Waals surface area (Å²) in [6, 6.07) is 0. The summed E-state index contributed by atoms with van der Waals surface area (Å²) >= 11 is -2.95. The monoisotopic (exact) mass is 286 g/mol. The molecule has 0 fully saturated rings. The third kappa shape index (κ3) is 3.32. The van der Waals surface area contributed by atoms with E-state index in [0.717, 1.165) is 0 Å². The van der Waals surface area contributed by atoms with E-state index < -0.39 is 18.1 Å². The summed E-state index contributed by atoms with van der Waals surface area (Å²) in [5.41, 5.74) is 0. The van der Waals surface area contributed by atoms with Gasteiger partial charge in [0.25, 0.3) is 0 Å². The van der Waals surface area contributed by atoms with E-state index in [1.54, 1.807) is 18.2 Å². The van der Waals surface area contributed by atoms with Crippen LogP contribution >= 0.6 is 6.19 Å². The van der Waals surface area contributed by atoms with E-state index in [1.807, 2.05) is 0 Å². The Morgan fingerprint density at radius 3 is 1.29 bits per heavy atom. The second kappa shape index (κ2) is 5.82. The van der Waals surface area contributed by atoms with Crippen LogP contribution in [-0.2, 0) is 0 Å². The predicted octanol–water partition coefficient (Wildman–Crippen LogP) is 1.96. The summed E-state index contributed by atoms with van der Waals surface area (Å²) in [7, 11) is 0. The van der Waals surface area contributed by atoms with Crippen molar-refractivity contribution in [3.05, 3.63) is 38.0 Å². The zero-order valence-electron chi connectivity index (χ0n) is 8.21. The molecule has 0 atom stereocenters. The van der Waals surface area contributed by atoms with Crippen LogP contribution in [0, 0.1) is 0 Å². The molecule has 0 aromatic rings. The van der Waals surface area contributed by atoms with Gasteiger partial charge in [-0.3, -0.25) is 0 Å². The van der Waals surface area contributed by atoms with E-state index in [-0.39, 0.29) is 0 Å². The summed E-state index contributed by atoms with van der Waals surface area (Å²) in [6.07, 6.45) is 1.16. The molecule has 0 aromatic heterocycles. The summed E-state index contributed by atoms with van der Waals surface area (Å²) in [4.78, 5) is 28.4. The first kappa shape index (κ1) is 14.0. The quantitative estimate of drug-likeness (QED) is 0.397. The molecular formula is C9H19O3PSe. The van der Waals surface area contributed by atoms with Crippen molar-refractivity contribution in [3.8, 4) is 0 Å². The third-order valence-electron chi connectivity index (χ3n) is 1.98. The molecule has 0 heterocycles. The molecule has 0 rings (SSSR count). The fourth-order valence-electron chi connectivity index (χ4n) is 1.27. The van der Waals surface area contributed by atoms with Gasteiger partial charge >= 0.3 is 86.7 Å². The van der Waals surface area contributed by atoms with Crippen molar-refractivity contribution in [2.24, 2.45) is 0 Å². The molecule has 0 amide bonds. The Hall–Kier alpha value is 0.0495. The van der Waals surface area contributed by atoms with Gasteiger partial charge in [0.15, 0.2) is 0 Å². The summed E-state index contributed by atoms with van der Waals surface area (Å²) in [5.74, 6) is 0. The molecule has 3 nitrogen and oxygen atoms in total. The van der Waals surface area contributed by atoms with Crippen LogP contribution < -0.4 is 0 Å². The number of allylic oxidation sites excluding steroid dienone is 3. The molecule has 0 aromatic carbocycles. The molecule has 0 bridgehead atoms. The van der Waals surface area contributed by atoms with Crippen LogP contribution in [0.15, 0.2) is 38.0 Å². The first-order chi connectivity index (χ1) is 6.43. The molecule has 0 aliphatic rings. The van der Waals surface area contributed by atoms with Crippen molar-refractivity contribution in [1.29, 1.82) is 0 Å². The standard InChI is InChI=1S/C9H19O3PSe/c1-4-7-14(8-5-2,9-6-3)13(10,11)12/h4-6,10-12,14H,1-3,7-9H2. The fraction of sp³-hybridized carbons (Fsp3) is 0.333. The van der Waals surface area contributed by atoms with Gasteiger partial charge in [0.2, 0.25) is 0 Å². The normalized spacial score (nSPS) is 13.4. The molecule has 84 valence electrons. The van der Waals surface area contributed by atoms with Gasteiger partial charge in [-0.2, -0.15) is 0 Å². The molecule has 0 unspecified atom stereocenters. The van der Waals surface area contributed by atoms with E-state index in [9.17, 15) is 14.7 Å². The number of hydrogen-bond donors (Lipinski definition) is 3. The zero-order chi connectivity index (χ0) is 11.2. The van der Waals surface area contributed by atoms with Crippen molar-refractivity contribution in [1.82, 2.24) is 0 Å². The minimum atomic E-state index is -3.75. The molecule has 0 aliphatic carbocycles. The first-order valence-corrected chi connectivity index (χ1v) is 12.3. The van der Waals surface area contributed by atoms with Gasteiger partial charge in [0.05, 0.1) is 0 Å². The van der Waals surface area contributed by atoms with Gasteiger partial charge in [0.1, 0.15) is 0 Å². The number of rotatable bonds is 6. The summed E-state index contributed by atoms with van der Waals surface area (Å²) in [5, 5.41) is 1.48. The van der Waals surface area contributed by atoms with Gasteiger partial charge in [-0.15, -0.1) is 0 Å². The topological polar surface area (TPSA) is 60.7 Å². The van der Waals surface area contributed by atoms with Crippen LogP contribution in [0.4, 0.5) is 0 Å². The maximum atomic E-state index is 9.48. The first-order valence-electron chi connectivity index (χ1n) is 4.20. The average Bonchev–Trinajstić information content (AvgIpc) is 2.03. The second-order valence-corrected chi connectivity index (χ2v) is 18.8. The van der Waals surface area contributed by atoms with E-state index in [0.29, 0.717) is 16.0 Å². The Kier molecular flexibility index (Phi) is 5.84. The SMILES string of the molecule is C=CC[SeH](CC=C)(CC=C)=P(O)(O)O. The molecule has 3 N–H and O–H groups in total. The summed E-state index contributed by atoms with van der Waals surface area (Å²) in [6.45, 7) is 10.7. The van der Waals surface area contributed by atoms with Gasteiger partial charge in [-0.25, -0.2) is 0 Å². The zero-order valence-corrected chi connectivity index (χ0v) is 11.0. The van der Waals surface area contributed by atoms with E-state index in [2.05, 4.69) is 19.7 Å². The van der Waals surface area contributed by atoms with Crippen LogP contribution in [-0.4, -0.2) is 26.6 Å². The van der Waals surface area contributed by atoms with Crippen LogP contribution in [0.2, 0.25) is 16.0 Å². The molecule has 5 heteroatoms. The average molecular weight is 285 g/mol. The molecule has 0 spiro atoms. The Morgan fingerprint density at radius 2 is 1.14 bits per heavy atom. The molecule has 14 heavy (non-hydrogen) atoms. The van der Waals surface area contributed by atoms with Crippen molar-refractivity contribution >= 4 is 18.1 Å². The van der Waals surface area contributed by atoms with Crippen LogP contribution in [0.25, 0.3) is 0 Å². The van der Waals surface area contributed by atoms with Gasteiger partial charge < -0.3 is 0 Å². The predicted molar refractivity (Wildman–Crippen MR) is 65.7 cm³/mol. The third-order valence-corrected chi connectivity index (χ3v) is 18.7. The van der Waals surface area contributed by atoms with Crippen molar-refractivity contribution in [2.75, 3.05) is 0 Å². The Morgan fingerprint density at radius 1 is 0.857 bits per heavy atom. The maximum absolute atomic E-state index is 9.48. The molecule has 0 saturated carbocycles. The van der Waals surface area contributed by atoms with Gasteiger partial charge in [-0.1, -0.05) is 0 Å². The fourth-order valence-corrected chi connectivity index (χ4v) is 11.8. The molecule has 0 radical (unpaired) electrons. The molecule has 0 saturated heterocycles. The van der Waals surface area contributed by atoms with Crippen LogP contribution in [0.5, 0.6) is 0 Å². The Labute approximate surface area is 87.0 Å². The molecule has 0 aliphatic heterocycles. The Balaban J connectivity index is 5.48. The van der Waals surface area contributed by atoms with E-state index >= 15 is 0 Å². The van der Waals surface area contributed by atoms with Gasteiger partial charge in [0, 0.05) is 0 Å². The van der Waals surface area contributed by atoms with E-state index in [1.165, 1.54) is 0 Å². The van der Waals surface area contributed by atoms with Crippen molar-refractivity contribution in [2.45, 2.75) is 16.0 Å². The van der Waals surface area contributed by atoms with Crippen molar-refractivity contribution < 1.29 is 14.7 Å². The van der Waals surface area contributed by atoms with E-state index in [4.69, 9.17) is 0 Å².